The molecule has 1 fully saturated rings. The van der Waals surface area contributed by atoms with E-state index in [-0.39, 0.29) is 0 Å². The highest BCUT2D eigenvalue weighted by atomic mass is 15.6. The van der Waals surface area contributed by atoms with E-state index in [1.54, 1.807) is 4.68 Å². The van der Waals surface area contributed by atoms with E-state index in [9.17, 15) is 0 Å². The fourth-order valence-electron chi connectivity index (χ4n) is 1.82. The number of tetrazole rings is 1. The Kier molecular flexibility index (Phi) is 4.06. The van der Waals surface area contributed by atoms with Crippen molar-refractivity contribution in [1.29, 1.82) is 0 Å². The van der Waals surface area contributed by atoms with E-state index >= 15 is 0 Å². The van der Waals surface area contributed by atoms with Gasteiger partial charge in [0.1, 0.15) is 0 Å². The molecule has 7 nitrogen and oxygen atoms in total. The molecule has 1 aliphatic heterocycles. The van der Waals surface area contributed by atoms with Crippen LogP contribution in [0.2, 0.25) is 0 Å². The Morgan fingerprint density at radius 3 is 2.88 bits per heavy atom. The van der Waals surface area contributed by atoms with Gasteiger partial charge >= 0.3 is 0 Å². The molecule has 1 aromatic heterocycles. The molecule has 0 bridgehead atoms. The third kappa shape index (κ3) is 3.14. The number of nitrogens with one attached hydrogen (secondary N) is 2. The van der Waals surface area contributed by atoms with Crippen LogP contribution in [0.1, 0.15) is 6.42 Å². The van der Waals surface area contributed by atoms with E-state index in [2.05, 4.69) is 31.1 Å². The van der Waals surface area contributed by atoms with Crippen molar-refractivity contribution in [2.75, 3.05) is 44.6 Å². The van der Waals surface area contributed by atoms with Gasteiger partial charge in [-0.05, 0) is 23.4 Å². The predicted molar refractivity (Wildman–Crippen MR) is 61.2 cm³/mol. The first kappa shape index (κ1) is 11.3. The summed E-state index contributed by atoms with van der Waals surface area (Å²) in [6, 6.07) is 0. The lowest BCUT2D eigenvalue weighted by molar-refractivity contribution is 0.240. The maximum atomic E-state index is 3.87. The summed E-state index contributed by atoms with van der Waals surface area (Å²) >= 11 is 0. The summed E-state index contributed by atoms with van der Waals surface area (Å²) in [6.07, 6.45) is 1.12. The Balaban J connectivity index is 1.59. The van der Waals surface area contributed by atoms with Crippen LogP contribution in [0, 0.1) is 0 Å². The van der Waals surface area contributed by atoms with Crippen LogP contribution >= 0.6 is 0 Å². The van der Waals surface area contributed by atoms with Gasteiger partial charge in [-0.15, -0.1) is 0 Å². The SMILES string of the molecule is Cn1nnnc1NCCCN1CCNCC1. The van der Waals surface area contributed by atoms with Crippen molar-refractivity contribution >= 4 is 5.95 Å². The zero-order valence-electron chi connectivity index (χ0n) is 9.69. The molecule has 0 atom stereocenters. The molecule has 0 radical (unpaired) electrons. The van der Waals surface area contributed by atoms with Crippen molar-refractivity contribution in [2.24, 2.45) is 7.05 Å². The molecule has 90 valence electrons. The van der Waals surface area contributed by atoms with Gasteiger partial charge in [0.05, 0.1) is 0 Å². The lowest BCUT2D eigenvalue weighted by atomic mass is 10.3. The van der Waals surface area contributed by atoms with Gasteiger partial charge < -0.3 is 15.5 Å². The van der Waals surface area contributed by atoms with Crippen LogP contribution in [0.15, 0.2) is 0 Å². The van der Waals surface area contributed by atoms with Crippen molar-refractivity contribution in [3.8, 4) is 0 Å². The molecule has 2 rings (SSSR count). The van der Waals surface area contributed by atoms with Crippen molar-refractivity contribution < 1.29 is 0 Å². The van der Waals surface area contributed by atoms with Gasteiger partial charge in [0, 0.05) is 39.8 Å². The molecule has 16 heavy (non-hydrogen) atoms. The molecule has 2 N–H and O–H groups in total. The van der Waals surface area contributed by atoms with E-state index in [0.717, 1.165) is 51.6 Å². The molecule has 0 spiro atoms. The molecule has 0 unspecified atom stereocenters. The molecule has 1 saturated heterocycles. The normalized spacial score (nSPS) is 17.6. The summed E-state index contributed by atoms with van der Waals surface area (Å²) in [6.45, 7) is 6.59. The van der Waals surface area contributed by atoms with E-state index in [4.69, 9.17) is 0 Å². The van der Waals surface area contributed by atoms with E-state index < -0.39 is 0 Å². The first-order chi connectivity index (χ1) is 7.86. The fraction of sp³-hybridized carbons (Fsp3) is 0.889. The van der Waals surface area contributed by atoms with Crippen molar-refractivity contribution in [1.82, 2.24) is 30.4 Å². The van der Waals surface area contributed by atoms with Gasteiger partial charge in [0.2, 0.25) is 5.95 Å². The Bertz CT molecular complexity index is 305. The van der Waals surface area contributed by atoms with Crippen LogP contribution in [-0.2, 0) is 7.05 Å². The monoisotopic (exact) mass is 225 g/mol. The highest BCUT2D eigenvalue weighted by Crippen LogP contribution is 1.98. The van der Waals surface area contributed by atoms with Crippen LogP contribution in [0.5, 0.6) is 0 Å². The Morgan fingerprint density at radius 2 is 2.19 bits per heavy atom. The molecule has 1 aromatic rings. The van der Waals surface area contributed by atoms with Gasteiger partial charge in [-0.3, -0.25) is 0 Å². The summed E-state index contributed by atoms with van der Waals surface area (Å²) in [4.78, 5) is 2.48. The molecular weight excluding hydrogens is 206 g/mol. The number of rotatable bonds is 5. The molecule has 0 aliphatic carbocycles. The fourth-order valence-corrected chi connectivity index (χ4v) is 1.82. The topological polar surface area (TPSA) is 70.9 Å². The van der Waals surface area contributed by atoms with Crippen LogP contribution in [0.4, 0.5) is 5.95 Å². The van der Waals surface area contributed by atoms with Crippen molar-refractivity contribution in [3.05, 3.63) is 0 Å². The van der Waals surface area contributed by atoms with Gasteiger partial charge in [0.25, 0.3) is 0 Å². The minimum Gasteiger partial charge on any atom is -0.353 e. The number of nitrogens with zero attached hydrogens (tertiary/aromatic N) is 5. The number of hydrogen-bond acceptors (Lipinski definition) is 6. The first-order valence-corrected chi connectivity index (χ1v) is 5.75. The summed E-state index contributed by atoms with van der Waals surface area (Å²) < 4.78 is 1.64. The third-order valence-corrected chi connectivity index (χ3v) is 2.76. The molecular formula is C9H19N7. The summed E-state index contributed by atoms with van der Waals surface area (Å²) in [5.41, 5.74) is 0. The van der Waals surface area contributed by atoms with Gasteiger partial charge in [-0.1, -0.05) is 5.10 Å². The average Bonchev–Trinajstić information content (AvgIpc) is 2.72. The molecule has 1 aliphatic rings. The maximum Gasteiger partial charge on any atom is 0.242 e. The highest BCUT2D eigenvalue weighted by molar-refractivity contribution is 5.20. The first-order valence-electron chi connectivity index (χ1n) is 5.75. The van der Waals surface area contributed by atoms with Crippen LogP contribution in [0.3, 0.4) is 0 Å². The zero-order chi connectivity index (χ0) is 11.2. The molecule has 0 amide bonds. The number of piperazine rings is 1. The second-order valence-corrected chi connectivity index (χ2v) is 4.00. The van der Waals surface area contributed by atoms with Crippen LogP contribution in [-0.4, -0.2) is 64.4 Å². The van der Waals surface area contributed by atoms with Crippen molar-refractivity contribution in [2.45, 2.75) is 6.42 Å². The second-order valence-electron chi connectivity index (χ2n) is 4.00. The standard InChI is InChI=1S/C9H19N7/c1-15-9(12-13-14-15)11-3-2-6-16-7-4-10-5-8-16/h10H,2-8H2,1H3,(H,11,12,14). The quantitative estimate of drug-likeness (QED) is 0.621. The average molecular weight is 225 g/mol. The highest BCUT2D eigenvalue weighted by Gasteiger charge is 2.08. The second kappa shape index (κ2) is 5.76. The molecule has 7 heteroatoms. The largest absolute Gasteiger partial charge is 0.353 e. The summed E-state index contributed by atoms with van der Waals surface area (Å²) in [5.74, 6) is 0.736. The number of hydrogen-bond donors (Lipinski definition) is 2. The maximum absolute atomic E-state index is 3.87. The summed E-state index contributed by atoms with van der Waals surface area (Å²) in [5, 5.41) is 17.8. The molecule has 2 heterocycles. The van der Waals surface area contributed by atoms with E-state index in [1.165, 1.54) is 0 Å². The van der Waals surface area contributed by atoms with Crippen molar-refractivity contribution in [3.63, 3.8) is 0 Å². The Morgan fingerprint density at radius 1 is 1.38 bits per heavy atom. The number of anilines is 1. The van der Waals surface area contributed by atoms with E-state index in [0.29, 0.717) is 0 Å². The minimum absolute atomic E-state index is 0.736. The van der Waals surface area contributed by atoms with Gasteiger partial charge in [-0.2, -0.15) is 0 Å². The number of aryl methyl sites for hydroxylation is 1. The minimum atomic E-state index is 0.736. The lowest BCUT2D eigenvalue weighted by Gasteiger charge is -2.27. The van der Waals surface area contributed by atoms with Gasteiger partial charge in [0.15, 0.2) is 0 Å². The zero-order valence-corrected chi connectivity index (χ0v) is 9.69. The smallest absolute Gasteiger partial charge is 0.242 e. The molecule has 0 saturated carbocycles. The summed E-state index contributed by atoms with van der Waals surface area (Å²) in [7, 11) is 1.83. The molecule has 0 aromatic carbocycles. The Hall–Kier alpha value is -1.21. The van der Waals surface area contributed by atoms with Gasteiger partial charge in [-0.25, -0.2) is 4.68 Å². The lowest BCUT2D eigenvalue weighted by Crippen LogP contribution is -2.44. The third-order valence-electron chi connectivity index (χ3n) is 2.76. The van der Waals surface area contributed by atoms with Crippen LogP contribution in [0.25, 0.3) is 0 Å². The van der Waals surface area contributed by atoms with E-state index in [1.807, 2.05) is 7.05 Å². The number of aromatic nitrogens is 4. The Labute approximate surface area is 95.2 Å². The predicted octanol–water partition coefficient (Wildman–Crippen LogP) is -1.08. The van der Waals surface area contributed by atoms with Crippen LogP contribution < -0.4 is 10.6 Å².